The van der Waals surface area contributed by atoms with Crippen molar-refractivity contribution in [3.63, 3.8) is 0 Å². The molecular weight excluding hydrogens is 346 g/mol. The third-order valence-corrected chi connectivity index (χ3v) is 4.65. The summed E-state index contributed by atoms with van der Waals surface area (Å²) in [5, 5.41) is 3.55. The first-order chi connectivity index (χ1) is 11.2. The molecule has 1 amide bonds. The Hall–Kier alpha value is -1.67. The quantitative estimate of drug-likeness (QED) is 0.844. The van der Waals surface area contributed by atoms with Crippen molar-refractivity contribution < 1.29 is 4.79 Å². The van der Waals surface area contributed by atoms with Gasteiger partial charge in [0.1, 0.15) is 0 Å². The summed E-state index contributed by atoms with van der Waals surface area (Å²) < 4.78 is 0. The Balaban J connectivity index is 0.00000208. The molecule has 0 unspecified atom stereocenters. The molecule has 1 aromatic heterocycles. The zero-order valence-electron chi connectivity index (χ0n) is 13.4. The minimum absolute atomic E-state index is 0. The summed E-state index contributed by atoms with van der Waals surface area (Å²) in [7, 11) is 0. The summed E-state index contributed by atoms with van der Waals surface area (Å²) in [4.78, 5) is 21.9. The van der Waals surface area contributed by atoms with E-state index in [1.807, 2.05) is 36.5 Å². The van der Waals surface area contributed by atoms with Crippen molar-refractivity contribution in [3.05, 3.63) is 41.4 Å². The number of nitrogens with one attached hydrogen (secondary N) is 1. The van der Waals surface area contributed by atoms with Gasteiger partial charge in [0.25, 0.3) is 0 Å². The Morgan fingerprint density at radius 2 is 1.83 bits per heavy atom. The molecule has 0 spiro atoms. The number of carbonyl (C=O) groups is 1. The van der Waals surface area contributed by atoms with Crippen LogP contribution in [-0.2, 0) is 11.3 Å². The minimum Gasteiger partial charge on any atom is -0.375 e. The molecule has 1 aliphatic rings. The minimum atomic E-state index is 0. The third kappa shape index (κ3) is 5.45. The highest BCUT2D eigenvalue weighted by Gasteiger charge is 2.19. The fourth-order valence-electron chi connectivity index (χ4n) is 2.65. The maximum Gasteiger partial charge on any atom is 0.238 e. The highest BCUT2D eigenvalue weighted by Crippen LogP contribution is 2.17. The predicted octanol–water partition coefficient (Wildman–Crippen LogP) is 1.90. The number of carbonyl (C=O) groups excluding carboxylic acids is 1. The lowest BCUT2D eigenvalue weighted by Crippen LogP contribution is -2.48. The summed E-state index contributed by atoms with van der Waals surface area (Å²) >= 11 is 1.54. The molecule has 0 saturated carbocycles. The molecule has 1 aromatic carbocycles. The molecular formula is C16H22ClN5OS. The van der Waals surface area contributed by atoms with E-state index in [9.17, 15) is 4.79 Å². The van der Waals surface area contributed by atoms with Crippen LogP contribution < -0.4 is 11.1 Å². The van der Waals surface area contributed by atoms with Crippen LogP contribution in [0, 0.1) is 0 Å². The predicted molar refractivity (Wildman–Crippen MR) is 101 cm³/mol. The Morgan fingerprint density at radius 1 is 1.17 bits per heavy atom. The highest BCUT2D eigenvalue weighted by molar-refractivity contribution is 7.15. The van der Waals surface area contributed by atoms with Crippen LogP contribution >= 0.6 is 23.7 Å². The van der Waals surface area contributed by atoms with E-state index in [4.69, 9.17) is 5.73 Å². The van der Waals surface area contributed by atoms with Crippen molar-refractivity contribution in [3.8, 4) is 0 Å². The number of benzene rings is 1. The second-order valence-corrected chi connectivity index (χ2v) is 6.78. The first kappa shape index (κ1) is 18.7. The number of amides is 1. The van der Waals surface area contributed by atoms with Gasteiger partial charge in [0.15, 0.2) is 5.13 Å². The largest absolute Gasteiger partial charge is 0.375 e. The molecule has 3 N–H and O–H groups in total. The van der Waals surface area contributed by atoms with Crippen molar-refractivity contribution in [2.24, 2.45) is 0 Å². The summed E-state index contributed by atoms with van der Waals surface area (Å²) in [6, 6.07) is 9.57. The number of nitrogens with two attached hydrogens (primary N) is 1. The normalized spacial score (nSPS) is 15.7. The number of anilines is 2. The first-order valence-electron chi connectivity index (χ1n) is 7.69. The zero-order chi connectivity index (χ0) is 16.1. The molecule has 0 bridgehead atoms. The van der Waals surface area contributed by atoms with Crippen molar-refractivity contribution in [2.45, 2.75) is 6.54 Å². The van der Waals surface area contributed by atoms with Crippen LogP contribution in [0.25, 0.3) is 0 Å². The van der Waals surface area contributed by atoms with Gasteiger partial charge >= 0.3 is 0 Å². The molecule has 130 valence electrons. The molecule has 0 radical (unpaired) electrons. The molecule has 0 atom stereocenters. The number of piperazine rings is 1. The fourth-order valence-corrected chi connectivity index (χ4v) is 3.37. The molecule has 6 nitrogen and oxygen atoms in total. The van der Waals surface area contributed by atoms with E-state index < -0.39 is 0 Å². The van der Waals surface area contributed by atoms with E-state index >= 15 is 0 Å². The number of rotatable bonds is 5. The van der Waals surface area contributed by atoms with Gasteiger partial charge < -0.3 is 11.1 Å². The second kappa shape index (κ2) is 8.98. The molecule has 1 fully saturated rings. The zero-order valence-corrected chi connectivity index (χ0v) is 15.0. The Labute approximate surface area is 152 Å². The third-order valence-electron chi connectivity index (χ3n) is 3.84. The van der Waals surface area contributed by atoms with Crippen LogP contribution in [0.5, 0.6) is 0 Å². The molecule has 1 saturated heterocycles. The lowest BCUT2D eigenvalue weighted by molar-refractivity contribution is -0.117. The van der Waals surface area contributed by atoms with Crippen LogP contribution in [0.1, 0.15) is 4.88 Å². The number of thiazole rings is 1. The maximum atomic E-state index is 12.1. The van der Waals surface area contributed by atoms with Gasteiger partial charge in [-0.25, -0.2) is 4.98 Å². The molecule has 0 aliphatic carbocycles. The molecule has 2 heterocycles. The topological polar surface area (TPSA) is 74.5 Å². The molecule has 1 aliphatic heterocycles. The number of hydrogen-bond donors (Lipinski definition) is 2. The number of nitrogen functional groups attached to an aromatic ring is 1. The standard InChI is InChI=1S/C16H21N5OS.ClH/c17-16-18-10-14(23-16)11-20-6-8-21(9-7-20)12-15(22)19-13-4-2-1-3-5-13;/h1-5,10H,6-9,11-12H2,(H2,17,18)(H,19,22);1H. The van der Waals surface area contributed by atoms with Crippen molar-refractivity contribution in [2.75, 3.05) is 43.8 Å². The Kier molecular flexibility index (Phi) is 6.99. The smallest absolute Gasteiger partial charge is 0.238 e. The highest BCUT2D eigenvalue weighted by atomic mass is 35.5. The van der Waals surface area contributed by atoms with Gasteiger partial charge in [-0.2, -0.15) is 0 Å². The number of nitrogens with zero attached hydrogens (tertiary/aromatic N) is 3. The first-order valence-corrected chi connectivity index (χ1v) is 8.50. The van der Waals surface area contributed by atoms with Crippen molar-refractivity contribution in [1.29, 1.82) is 0 Å². The SMILES string of the molecule is Cl.Nc1ncc(CN2CCN(CC(=O)Nc3ccccc3)CC2)s1. The van der Waals surface area contributed by atoms with Gasteiger partial charge in [-0.3, -0.25) is 14.6 Å². The maximum absolute atomic E-state index is 12.1. The van der Waals surface area contributed by atoms with Gasteiger partial charge in [-0.1, -0.05) is 18.2 Å². The van der Waals surface area contributed by atoms with E-state index in [2.05, 4.69) is 20.1 Å². The number of hydrogen-bond acceptors (Lipinski definition) is 6. The second-order valence-electron chi connectivity index (χ2n) is 5.63. The van der Waals surface area contributed by atoms with Crippen LogP contribution in [0.15, 0.2) is 36.5 Å². The lowest BCUT2D eigenvalue weighted by atomic mass is 10.3. The number of halogens is 1. The molecule has 3 rings (SSSR count). The van der Waals surface area contributed by atoms with Crippen LogP contribution in [-0.4, -0.2) is 53.4 Å². The van der Waals surface area contributed by atoms with Gasteiger partial charge in [0.05, 0.1) is 6.54 Å². The monoisotopic (exact) mass is 367 g/mol. The summed E-state index contributed by atoms with van der Waals surface area (Å²) in [5.74, 6) is 0.0416. The average Bonchev–Trinajstić information content (AvgIpc) is 2.95. The van der Waals surface area contributed by atoms with E-state index in [-0.39, 0.29) is 18.3 Å². The van der Waals surface area contributed by atoms with Gasteiger partial charge in [-0.15, -0.1) is 23.7 Å². The number of para-hydroxylation sites is 1. The summed E-state index contributed by atoms with van der Waals surface area (Å²) in [6.07, 6.45) is 1.85. The Bertz CT molecular complexity index is 643. The van der Waals surface area contributed by atoms with E-state index in [1.54, 1.807) is 11.3 Å². The molecule has 2 aromatic rings. The van der Waals surface area contributed by atoms with Gasteiger partial charge in [0.2, 0.25) is 5.91 Å². The van der Waals surface area contributed by atoms with Crippen molar-refractivity contribution in [1.82, 2.24) is 14.8 Å². The van der Waals surface area contributed by atoms with E-state index in [0.29, 0.717) is 11.7 Å². The van der Waals surface area contributed by atoms with Crippen molar-refractivity contribution >= 4 is 40.5 Å². The van der Waals surface area contributed by atoms with Crippen LogP contribution in [0.4, 0.5) is 10.8 Å². The van der Waals surface area contributed by atoms with Crippen LogP contribution in [0.3, 0.4) is 0 Å². The average molecular weight is 368 g/mol. The lowest BCUT2D eigenvalue weighted by Gasteiger charge is -2.33. The fraction of sp³-hybridized carbons (Fsp3) is 0.375. The van der Waals surface area contributed by atoms with Gasteiger partial charge in [-0.05, 0) is 12.1 Å². The molecule has 8 heteroatoms. The van der Waals surface area contributed by atoms with Crippen LogP contribution in [0.2, 0.25) is 0 Å². The van der Waals surface area contributed by atoms with E-state index in [0.717, 1.165) is 38.4 Å². The van der Waals surface area contributed by atoms with E-state index in [1.165, 1.54) is 4.88 Å². The molecule has 24 heavy (non-hydrogen) atoms. The Morgan fingerprint density at radius 3 is 2.46 bits per heavy atom. The number of aromatic nitrogens is 1. The van der Waals surface area contributed by atoms with Gasteiger partial charge in [0, 0.05) is 49.5 Å². The summed E-state index contributed by atoms with van der Waals surface area (Å²) in [5.41, 5.74) is 6.51. The summed E-state index contributed by atoms with van der Waals surface area (Å²) in [6.45, 7) is 5.04.